The molecule has 0 aromatic carbocycles. The van der Waals surface area contributed by atoms with Gasteiger partial charge in [-0.25, -0.2) is 0 Å². The van der Waals surface area contributed by atoms with Crippen molar-refractivity contribution in [2.45, 2.75) is 24.7 Å². The third kappa shape index (κ3) is 3.38. The number of rotatable bonds is 6. The van der Waals surface area contributed by atoms with Gasteiger partial charge in [0.1, 0.15) is 0 Å². The Morgan fingerprint density at radius 2 is 2.38 bits per heavy atom. The maximum Gasteiger partial charge on any atom is 0.313 e. The van der Waals surface area contributed by atoms with E-state index >= 15 is 0 Å². The number of aromatic nitrogens is 3. The number of aliphatic carboxylic acids is 1. The van der Waals surface area contributed by atoms with E-state index in [1.165, 1.54) is 0 Å². The number of carbonyl (C=O) groups is 1. The lowest BCUT2D eigenvalue weighted by atomic mass is 10.4. The first-order chi connectivity index (χ1) is 7.54. The summed E-state index contributed by atoms with van der Waals surface area (Å²) in [7, 11) is 1.59. The van der Waals surface area contributed by atoms with Crippen LogP contribution in [0.2, 0.25) is 0 Å². The molecular formula is C8H14N4O3S. The highest BCUT2D eigenvalue weighted by Gasteiger charge is 2.13. The van der Waals surface area contributed by atoms with Crippen LogP contribution in [0.15, 0.2) is 5.16 Å². The van der Waals surface area contributed by atoms with Gasteiger partial charge in [0.25, 0.3) is 0 Å². The average Bonchev–Trinajstić information content (AvgIpc) is 2.57. The van der Waals surface area contributed by atoms with Crippen LogP contribution in [0.4, 0.5) is 5.95 Å². The Balaban J connectivity index is 2.73. The highest BCUT2D eigenvalue weighted by atomic mass is 32.2. The molecule has 0 saturated heterocycles. The first-order valence-electron chi connectivity index (χ1n) is 4.60. The minimum absolute atomic E-state index is 0.0394. The van der Waals surface area contributed by atoms with Gasteiger partial charge in [-0.1, -0.05) is 11.8 Å². The van der Waals surface area contributed by atoms with Crippen molar-refractivity contribution >= 4 is 23.7 Å². The minimum atomic E-state index is -0.905. The number of methoxy groups -OCH3 is 1. The molecular weight excluding hydrogens is 232 g/mol. The van der Waals surface area contributed by atoms with E-state index in [2.05, 4.69) is 10.2 Å². The standard InChI is InChI=1S/C8H14N4O3S/c1-5(15-2)3-12-7(9)10-11-8(12)16-4-6(13)14/h5H,3-4H2,1-2H3,(H2,9,10)(H,13,14). The Labute approximate surface area is 97.0 Å². The third-order valence-electron chi connectivity index (χ3n) is 1.91. The summed E-state index contributed by atoms with van der Waals surface area (Å²) in [5, 5.41) is 16.6. The van der Waals surface area contributed by atoms with E-state index in [1.54, 1.807) is 11.7 Å². The molecule has 8 heteroatoms. The number of carboxylic acids is 1. The largest absolute Gasteiger partial charge is 0.481 e. The molecule has 0 saturated carbocycles. The first kappa shape index (κ1) is 12.8. The molecule has 1 atom stereocenters. The summed E-state index contributed by atoms with van der Waals surface area (Å²) in [6, 6.07) is 0. The molecule has 1 rings (SSSR count). The van der Waals surface area contributed by atoms with E-state index in [9.17, 15) is 4.79 Å². The van der Waals surface area contributed by atoms with Crippen molar-refractivity contribution in [2.75, 3.05) is 18.6 Å². The number of anilines is 1. The zero-order valence-corrected chi connectivity index (χ0v) is 9.90. The molecule has 0 aliphatic rings. The number of ether oxygens (including phenoxy) is 1. The van der Waals surface area contributed by atoms with Gasteiger partial charge in [-0.2, -0.15) is 0 Å². The molecule has 16 heavy (non-hydrogen) atoms. The molecule has 3 N–H and O–H groups in total. The number of thioether (sulfide) groups is 1. The van der Waals surface area contributed by atoms with E-state index in [4.69, 9.17) is 15.6 Å². The molecule has 1 aromatic heterocycles. The van der Waals surface area contributed by atoms with Crippen molar-refractivity contribution in [2.24, 2.45) is 0 Å². The maximum atomic E-state index is 10.4. The summed E-state index contributed by atoms with van der Waals surface area (Å²) < 4.78 is 6.74. The predicted octanol–water partition coefficient (Wildman–Crippen LogP) is 0.0719. The van der Waals surface area contributed by atoms with Crippen LogP contribution in [0.25, 0.3) is 0 Å². The summed E-state index contributed by atoms with van der Waals surface area (Å²) in [6.45, 7) is 2.38. The van der Waals surface area contributed by atoms with Gasteiger partial charge < -0.3 is 15.6 Å². The summed E-state index contributed by atoms with van der Waals surface area (Å²) in [4.78, 5) is 10.4. The van der Waals surface area contributed by atoms with Gasteiger partial charge in [0.15, 0.2) is 5.16 Å². The van der Waals surface area contributed by atoms with Crippen LogP contribution < -0.4 is 5.73 Å². The van der Waals surface area contributed by atoms with Crippen LogP contribution >= 0.6 is 11.8 Å². The third-order valence-corrected chi connectivity index (χ3v) is 2.86. The van der Waals surface area contributed by atoms with E-state index < -0.39 is 5.97 Å². The van der Waals surface area contributed by atoms with Crippen molar-refractivity contribution in [3.63, 3.8) is 0 Å². The normalized spacial score (nSPS) is 12.6. The van der Waals surface area contributed by atoms with Gasteiger partial charge in [0.2, 0.25) is 5.95 Å². The molecule has 0 spiro atoms. The second-order valence-electron chi connectivity index (χ2n) is 3.18. The molecule has 1 heterocycles. The van der Waals surface area contributed by atoms with E-state index in [-0.39, 0.29) is 17.8 Å². The molecule has 0 radical (unpaired) electrons. The van der Waals surface area contributed by atoms with Gasteiger partial charge in [-0.15, -0.1) is 10.2 Å². The Kier molecular flexibility index (Phi) is 4.56. The van der Waals surface area contributed by atoms with Gasteiger partial charge in [-0.3, -0.25) is 9.36 Å². The molecule has 0 aliphatic carbocycles. The second kappa shape index (κ2) is 5.71. The maximum absolute atomic E-state index is 10.4. The molecule has 0 bridgehead atoms. The van der Waals surface area contributed by atoms with Crippen LogP contribution in [0.1, 0.15) is 6.92 Å². The molecule has 1 unspecified atom stereocenters. The quantitative estimate of drug-likeness (QED) is 0.684. The van der Waals surface area contributed by atoms with E-state index in [0.29, 0.717) is 11.7 Å². The fourth-order valence-electron chi connectivity index (χ4n) is 1.04. The van der Waals surface area contributed by atoms with Crippen molar-refractivity contribution in [3.8, 4) is 0 Å². The Hall–Kier alpha value is -1.28. The summed E-state index contributed by atoms with van der Waals surface area (Å²) in [5.74, 6) is -0.714. The summed E-state index contributed by atoms with van der Waals surface area (Å²) in [5.41, 5.74) is 5.62. The van der Waals surface area contributed by atoms with Crippen LogP contribution in [-0.4, -0.2) is 44.8 Å². The first-order valence-corrected chi connectivity index (χ1v) is 5.59. The van der Waals surface area contributed by atoms with Crippen molar-refractivity contribution < 1.29 is 14.6 Å². The molecule has 0 fully saturated rings. The van der Waals surface area contributed by atoms with Crippen molar-refractivity contribution in [3.05, 3.63) is 0 Å². The SMILES string of the molecule is COC(C)Cn1c(N)nnc1SCC(=O)O. The lowest BCUT2D eigenvalue weighted by Crippen LogP contribution is -2.17. The van der Waals surface area contributed by atoms with Crippen molar-refractivity contribution in [1.82, 2.24) is 14.8 Å². The molecule has 7 nitrogen and oxygen atoms in total. The average molecular weight is 246 g/mol. The fraction of sp³-hybridized carbons (Fsp3) is 0.625. The molecule has 90 valence electrons. The molecule has 1 aromatic rings. The number of hydrogen-bond acceptors (Lipinski definition) is 6. The predicted molar refractivity (Wildman–Crippen MR) is 59.3 cm³/mol. The van der Waals surface area contributed by atoms with Crippen molar-refractivity contribution in [1.29, 1.82) is 0 Å². The second-order valence-corrected chi connectivity index (χ2v) is 4.12. The van der Waals surface area contributed by atoms with Crippen LogP contribution in [-0.2, 0) is 16.1 Å². The summed E-state index contributed by atoms with van der Waals surface area (Å²) >= 11 is 1.08. The van der Waals surface area contributed by atoms with Crippen LogP contribution in [0.3, 0.4) is 0 Å². The zero-order valence-electron chi connectivity index (χ0n) is 9.08. The number of nitrogen functional groups attached to an aromatic ring is 1. The molecule has 0 amide bonds. The highest BCUT2D eigenvalue weighted by molar-refractivity contribution is 7.99. The van der Waals surface area contributed by atoms with Gasteiger partial charge in [0, 0.05) is 7.11 Å². The highest BCUT2D eigenvalue weighted by Crippen LogP contribution is 2.18. The lowest BCUT2D eigenvalue weighted by Gasteiger charge is -2.12. The van der Waals surface area contributed by atoms with E-state index in [1.807, 2.05) is 6.92 Å². The number of nitrogens with zero attached hydrogens (tertiary/aromatic N) is 3. The van der Waals surface area contributed by atoms with Gasteiger partial charge in [0.05, 0.1) is 18.4 Å². The smallest absolute Gasteiger partial charge is 0.313 e. The topological polar surface area (TPSA) is 103 Å². The summed E-state index contributed by atoms with van der Waals surface area (Å²) in [6.07, 6.45) is -0.0394. The van der Waals surface area contributed by atoms with E-state index in [0.717, 1.165) is 11.8 Å². The zero-order chi connectivity index (χ0) is 12.1. The number of hydrogen-bond donors (Lipinski definition) is 2. The monoisotopic (exact) mass is 246 g/mol. The Bertz CT molecular complexity index is 368. The van der Waals surface area contributed by atoms with Gasteiger partial charge >= 0.3 is 5.97 Å². The number of carboxylic acid groups (broad SMARTS) is 1. The minimum Gasteiger partial charge on any atom is -0.481 e. The van der Waals surface area contributed by atoms with Crippen LogP contribution in [0, 0.1) is 0 Å². The van der Waals surface area contributed by atoms with Crippen LogP contribution in [0.5, 0.6) is 0 Å². The Morgan fingerprint density at radius 1 is 1.69 bits per heavy atom. The van der Waals surface area contributed by atoms with Gasteiger partial charge in [-0.05, 0) is 6.92 Å². The number of nitrogens with two attached hydrogens (primary N) is 1. The lowest BCUT2D eigenvalue weighted by molar-refractivity contribution is -0.133. The Morgan fingerprint density at radius 3 is 2.94 bits per heavy atom. The molecule has 0 aliphatic heterocycles. The fourth-order valence-corrected chi connectivity index (χ4v) is 1.71.